The molecule has 0 aliphatic carbocycles. The molecule has 1 aromatic carbocycles. The molecule has 0 unspecified atom stereocenters. The molecule has 1 heterocycles. The summed E-state index contributed by atoms with van der Waals surface area (Å²) in [6.07, 6.45) is 0. The molecule has 0 aliphatic heterocycles. The first-order valence-corrected chi connectivity index (χ1v) is 5.53. The number of carbonyl (C=O) groups excluding carboxylic acids is 1. The number of fused-ring (bicyclic) bond motifs is 1. The molecule has 0 radical (unpaired) electrons. The number of ether oxygens (including phenoxy) is 2. The third-order valence-corrected chi connectivity index (χ3v) is 2.78. The minimum atomic E-state index is -0.666. The van der Waals surface area contributed by atoms with Gasteiger partial charge in [0.05, 0.1) is 12.6 Å². The van der Waals surface area contributed by atoms with Gasteiger partial charge in [-0.3, -0.25) is 9.59 Å². The molecule has 6 nitrogen and oxygen atoms in total. The zero-order valence-electron chi connectivity index (χ0n) is 10.8. The Morgan fingerprint density at radius 1 is 1.37 bits per heavy atom. The van der Waals surface area contributed by atoms with E-state index in [4.69, 9.17) is 9.47 Å². The fraction of sp³-hybridized carbons (Fsp3) is 0.231. The zero-order chi connectivity index (χ0) is 14.2. The molecule has 0 saturated heterocycles. The predicted octanol–water partition coefficient (Wildman–Crippen LogP) is 1.18. The van der Waals surface area contributed by atoms with Gasteiger partial charge in [-0.05, 0) is 12.1 Å². The van der Waals surface area contributed by atoms with Crippen LogP contribution in [-0.4, -0.2) is 22.8 Å². The summed E-state index contributed by atoms with van der Waals surface area (Å²) in [7, 11) is 3.03. The van der Waals surface area contributed by atoms with Gasteiger partial charge in [0.1, 0.15) is 5.75 Å². The molecule has 0 aliphatic rings. The summed E-state index contributed by atoms with van der Waals surface area (Å²) in [5.41, 5.74) is -0.105. The molecule has 2 aromatic rings. The molecule has 0 fully saturated rings. The quantitative estimate of drug-likeness (QED) is 0.823. The van der Waals surface area contributed by atoms with E-state index in [2.05, 4.69) is 0 Å². The first kappa shape index (κ1) is 12.9. The molecule has 0 spiro atoms. The molecule has 0 bridgehead atoms. The summed E-state index contributed by atoms with van der Waals surface area (Å²) in [5, 5.41) is 10.4. The van der Waals surface area contributed by atoms with Gasteiger partial charge in [-0.15, -0.1) is 0 Å². The number of pyridine rings is 1. The number of nitrogens with zero attached hydrogens (tertiary/aromatic N) is 1. The lowest BCUT2D eigenvalue weighted by atomic mass is 10.2. The van der Waals surface area contributed by atoms with Crippen molar-refractivity contribution in [2.45, 2.75) is 6.92 Å². The van der Waals surface area contributed by atoms with Crippen LogP contribution >= 0.6 is 0 Å². The number of aryl methyl sites for hydroxylation is 1. The highest BCUT2D eigenvalue weighted by Gasteiger charge is 2.17. The van der Waals surface area contributed by atoms with Gasteiger partial charge in [0.25, 0.3) is 5.56 Å². The number of esters is 1. The number of rotatable bonds is 2. The Hall–Kier alpha value is -2.50. The lowest BCUT2D eigenvalue weighted by Gasteiger charge is -2.11. The average molecular weight is 263 g/mol. The van der Waals surface area contributed by atoms with Gasteiger partial charge >= 0.3 is 5.97 Å². The van der Waals surface area contributed by atoms with Crippen LogP contribution in [0.2, 0.25) is 0 Å². The Kier molecular flexibility index (Phi) is 3.16. The van der Waals surface area contributed by atoms with Crippen molar-refractivity contribution in [3.63, 3.8) is 0 Å². The first-order valence-electron chi connectivity index (χ1n) is 5.53. The Morgan fingerprint density at radius 3 is 2.63 bits per heavy atom. The van der Waals surface area contributed by atoms with E-state index < -0.39 is 11.5 Å². The van der Waals surface area contributed by atoms with E-state index in [1.165, 1.54) is 18.7 Å². The van der Waals surface area contributed by atoms with Crippen molar-refractivity contribution in [2.75, 3.05) is 7.11 Å². The Labute approximate surface area is 108 Å². The van der Waals surface area contributed by atoms with Crippen LogP contribution in [0.15, 0.2) is 23.0 Å². The largest absolute Gasteiger partial charge is 0.504 e. The summed E-state index contributed by atoms with van der Waals surface area (Å²) in [6.45, 7) is 1.16. The molecule has 0 atom stereocenters. The average Bonchev–Trinajstić information content (AvgIpc) is 2.40. The number of hydrogen-bond donors (Lipinski definition) is 1. The topological polar surface area (TPSA) is 77.8 Å². The SMILES string of the molecule is COc1ccc2c(O)c(OC(C)=O)c(=O)n(C)c2c1. The van der Waals surface area contributed by atoms with Gasteiger partial charge in [-0.25, -0.2) is 0 Å². The van der Waals surface area contributed by atoms with Crippen molar-refractivity contribution in [1.29, 1.82) is 0 Å². The maximum atomic E-state index is 12.0. The van der Waals surface area contributed by atoms with Gasteiger partial charge in [0.2, 0.25) is 5.75 Å². The van der Waals surface area contributed by atoms with Crippen molar-refractivity contribution in [1.82, 2.24) is 4.57 Å². The maximum Gasteiger partial charge on any atom is 0.308 e. The van der Waals surface area contributed by atoms with E-state index in [9.17, 15) is 14.7 Å². The number of hydrogen-bond acceptors (Lipinski definition) is 5. The van der Waals surface area contributed by atoms with Gasteiger partial charge in [0.15, 0.2) is 5.75 Å². The number of aromatic nitrogens is 1. The predicted molar refractivity (Wildman–Crippen MR) is 68.7 cm³/mol. The highest BCUT2D eigenvalue weighted by Crippen LogP contribution is 2.32. The van der Waals surface area contributed by atoms with Crippen molar-refractivity contribution in [3.8, 4) is 17.2 Å². The molecule has 0 saturated carbocycles. The molecule has 100 valence electrons. The summed E-state index contributed by atoms with van der Waals surface area (Å²) in [5.74, 6) is -0.828. The number of carbonyl (C=O) groups is 1. The summed E-state index contributed by atoms with van der Waals surface area (Å²) in [6, 6.07) is 4.86. The lowest BCUT2D eigenvalue weighted by molar-refractivity contribution is -0.132. The minimum absolute atomic E-state index is 0.351. The first-order chi connectivity index (χ1) is 8.95. The van der Waals surface area contributed by atoms with Crippen LogP contribution in [0.5, 0.6) is 17.2 Å². The molecule has 2 rings (SSSR count). The number of methoxy groups -OCH3 is 1. The van der Waals surface area contributed by atoms with E-state index in [-0.39, 0.29) is 11.5 Å². The van der Waals surface area contributed by atoms with Gasteiger partial charge < -0.3 is 19.1 Å². The fourth-order valence-corrected chi connectivity index (χ4v) is 1.84. The molecule has 0 amide bonds. The van der Waals surface area contributed by atoms with E-state index in [0.717, 1.165) is 6.92 Å². The second-order valence-corrected chi connectivity index (χ2v) is 4.02. The second-order valence-electron chi connectivity index (χ2n) is 4.02. The van der Waals surface area contributed by atoms with E-state index >= 15 is 0 Å². The van der Waals surface area contributed by atoms with Crippen LogP contribution in [0.1, 0.15) is 6.92 Å². The minimum Gasteiger partial charge on any atom is -0.504 e. The lowest BCUT2D eigenvalue weighted by Crippen LogP contribution is -2.21. The summed E-state index contributed by atoms with van der Waals surface area (Å²) in [4.78, 5) is 23.0. The molecule has 19 heavy (non-hydrogen) atoms. The number of aromatic hydroxyl groups is 1. The second kappa shape index (κ2) is 4.64. The van der Waals surface area contributed by atoms with Crippen molar-refractivity contribution < 1.29 is 19.4 Å². The molecule has 6 heteroatoms. The van der Waals surface area contributed by atoms with Crippen LogP contribution in [-0.2, 0) is 11.8 Å². The van der Waals surface area contributed by atoms with Crippen LogP contribution in [0.25, 0.3) is 10.9 Å². The molecular weight excluding hydrogens is 250 g/mol. The molecular formula is C13H13NO5. The van der Waals surface area contributed by atoms with Gasteiger partial charge in [0, 0.05) is 25.4 Å². The van der Waals surface area contributed by atoms with Crippen molar-refractivity contribution in [2.24, 2.45) is 7.05 Å². The van der Waals surface area contributed by atoms with Crippen molar-refractivity contribution in [3.05, 3.63) is 28.6 Å². The van der Waals surface area contributed by atoms with E-state index in [1.54, 1.807) is 18.2 Å². The molecule has 1 aromatic heterocycles. The number of benzene rings is 1. The monoisotopic (exact) mass is 263 g/mol. The van der Waals surface area contributed by atoms with Crippen LogP contribution < -0.4 is 15.0 Å². The summed E-state index contributed by atoms with van der Waals surface area (Å²) < 4.78 is 11.1. The third-order valence-electron chi connectivity index (χ3n) is 2.78. The van der Waals surface area contributed by atoms with Crippen LogP contribution in [0.3, 0.4) is 0 Å². The fourth-order valence-electron chi connectivity index (χ4n) is 1.84. The van der Waals surface area contributed by atoms with Crippen LogP contribution in [0.4, 0.5) is 0 Å². The van der Waals surface area contributed by atoms with E-state index in [1.807, 2.05) is 0 Å². The van der Waals surface area contributed by atoms with Gasteiger partial charge in [-0.2, -0.15) is 0 Å². The normalized spacial score (nSPS) is 10.5. The standard InChI is InChI=1S/C13H13NO5/c1-7(15)19-12-11(16)9-5-4-8(18-3)6-10(9)14(2)13(12)17/h4-6,16H,1-3H3. The Balaban J connectivity index is 2.82. The van der Waals surface area contributed by atoms with E-state index in [0.29, 0.717) is 16.7 Å². The van der Waals surface area contributed by atoms with Crippen molar-refractivity contribution >= 4 is 16.9 Å². The maximum absolute atomic E-state index is 12.0. The highest BCUT2D eigenvalue weighted by molar-refractivity contribution is 5.89. The summed E-state index contributed by atoms with van der Waals surface area (Å²) >= 11 is 0. The smallest absolute Gasteiger partial charge is 0.308 e. The highest BCUT2D eigenvalue weighted by atomic mass is 16.5. The van der Waals surface area contributed by atoms with Gasteiger partial charge in [-0.1, -0.05) is 0 Å². The Bertz CT molecular complexity index is 717. The zero-order valence-corrected chi connectivity index (χ0v) is 10.8. The van der Waals surface area contributed by atoms with Crippen LogP contribution in [0, 0.1) is 0 Å². The molecule has 1 N–H and O–H groups in total. The Morgan fingerprint density at radius 2 is 2.05 bits per heavy atom. The third kappa shape index (κ3) is 2.12.